The van der Waals surface area contributed by atoms with Gasteiger partial charge >= 0.3 is 5.97 Å². The van der Waals surface area contributed by atoms with Gasteiger partial charge in [-0.3, -0.25) is 9.78 Å². The second kappa shape index (κ2) is 8.14. The molecule has 0 spiro atoms. The van der Waals surface area contributed by atoms with Gasteiger partial charge in [0.25, 0.3) is 5.91 Å². The van der Waals surface area contributed by atoms with Crippen molar-refractivity contribution in [2.24, 2.45) is 0 Å². The van der Waals surface area contributed by atoms with Crippen molar-refractivity contribution in [3.63, 3.8) is 0 Å². The average Bonchev–Trinajstić information content (AvgIpc) is 3.01. The molecule has 0 saturated heterocycles. The molecule has 0 saturated carbocycles. The third kappa shape index (κ3) is 3.82. The maximum absolute atomic E-state index is 13.0. The number of fused-ring (bicyclic) bond motifs is 1. The number of nitrogens with zero attached hydrogens (tertiary/aromatic N) is 2. The molecule has 0 aliphatic carbocycles. The number of carbonyl (C=O) groups is 2. The van der Waals surface area contributed by atoms with Gasteiger partial charge in [0.15, 0.2) is 0 Å². The molecule has 1 atom stereocenters. The Labute approximate surface area is 169 Å². The van der Waals surface area contributed by atoms with Crippen LogP contribution >= 0.6 is 0 Å². The highest BCUT2D eigenvalue weighted by molar-refractivity contribution is 5.99. The van der Waals surface area contributed by atoms with Crippen LogP contribution in [0.2, 0.25) is 0 Å². The fourth-order valence-corrected chi connectivity index (χ4v) is 3.40. The standard InChI is InChI=1S/C23H21N3O3/c1-2-29-23(28)17-10-12-18(13-11-17)25-21-20-19(9-6-14-24-20)22(27)26(21)15-16-7-4-3-5-8-16/h3-14,21,25H,2,15H2,1H3. The van der Waals surface area contributed by atoms with E-state index in [0.717, 1.165) is 11.3 Å². The van der Waals surface area contributed by atoms with Crippen LogP contribution in [-0.2, 0) is 11.3 Å². The second-order valence-electron chi connectivity index (χ2n) is 6.70. The molecule has 4 rings (SSSR count). The largest absolute Gasteiger partial charge is 0.462 e. The lowest BCUT2D eigenvalue weighted by atomic mass is 10.2. The van der Waals surface area contributed by atoms with Crippen LogP contribution in [0.5, 0.6) is 0 Å². The average molecular weight is 387 g/mol. The van der Waals surface area contributed by atoms with E-state index in [4.69, 9.17) is 4.74 Å². The van der Waals surface area contributed by atoms with Crippen molar-refractivity contribution in [1.29, 1.82) is 0 Å². The summed E-state index contributed by atoms with van der Waals surface area (Å²) in [6, 6.07) is 20.4. The van der Waals surface area contributed by atoms with Crippen LogP contribution in [-0.4, -0.2) is 28.4 Å². The molecule has 6 nitrogen and oxygen atoms in total. The third-order valence-corrected chi connectivity index (χ3v) is 4.80. The van der Waals surface area contributed by atoms with Crippen molar-refractivity contribution in [3.05, 3.63) is 95.3 Å². The van der Waals surface area contributed by atoms with Gasteiger partial charge in [0.05, 0.1) is 23.4 Å². The first-order valence-corrected chi connectivity index (χ1v) is 9.51. The zero-order valence-electron chi connectivity index (χ0n) is 16.0. The minimum absolute atomic E-state index is 0.0578. The topological polar surface area (TPSA) is 71.5 Å². The van der Waals surface area contributed by atoms with Crippen LogP contribution in [0.4, 0.5) is 5.69 Å². The zero-order valence-corrected chi connectivity index (χ0v) is 16.0. The Morgan fingerprint density at radius 3 is 2.55 bits per heavy atom. The maximum Gasteiger partial charge on any atom is 0.338 e. The summed E-state index contributed by atoms with van der Waals surface area (Å²) >= 11 is 0. The maximum atomic E-state index is 13.0. The molecular weight excluding hydrogens is 366 g/mol. The van der Waals surface area contributed by atoms with Crippen LogP contribution in [0.25, 0.3) is 0 Å². The molecule has 1 unspecified atom stereocenters. The molecule has 2 heterocycles. The highest BCUT2D eigenvalue weighted by atomic mass is 16.5. The smallest absolute Gasteiger partial charge is 0.338 e. The number of ether oxygens (including phenoxy) is 1. The monoisotopic (exact) mass is 387 g/mol. The summed E-state index contributed by atoms with van der Waals surface area (Å²) in [5, 5.41) is 3.39. The van der Waals surface area contributed by atoms with Gasteiger partial charge < -0.3 is 15.0 Å². The number of hydrogen-bond acceptors (Lipinski definition) is 5. The van der Waals surface area contributed by atoms with Crippen molar-refractivity contribution in [2.75, 3.05) is 11.9 Å². The van der Waals surface area contributed by atoms with Gasteiger partial charge in [0, 0.05) is 18.4 Å². The van der Waals surface area contributed by atoms with Crippen LogP contribution < -0.4 is 5.32 Å². The van der Waals surface area contributed by atoms with Crippen molar-refractivity contribution < 1.29 is 14.3 Å². The Bertz CT molecular complexity index is 1020. The van der Waals surface area contributed by atoms with Crippen LogP contribution in [0.3, 0.4) is 0 Å². The van der Waals surface area contributed by atoms with E-state index in [1.54, 1.807) is 54.4 Å². The van der Waals surface area contributed by atoms with Crippen LogP contribution in [0, 0.1) is 0 Å². The Kier molecular flexibility index (Phi) is 5.24. The lowest BCUT2D eigenvalue weighted by Crippen LogP contribution is -2.32. The molecule has 6 heteroatoms. The molecule has 146 valence electrons. The predicted octanol–water partition coefficient (Wildman–Crippen LogP) is 4.03. The molecule has 1 amide bonds. The third-order valence-electron chi connectivity index (χ3n) is 4.80. The Morgan fingerprint density at radius 2 is 1.83 bits per heavy atom. The summed E-state index contributed by atoms with van der Waals surface area (Å²) in [7, 11) is 0. The highest BCUT2D eigenvalue weighted by Crippen LogP contribution is 2.34. The summed E-state index contributed by atoms with van der Waals surface area (Å²) in [5.74, 6) is -0.412. The number of amides is 1. The summed E-state index contributed by atoms with van der Waals surface area (Å²) in [6.45, 7) is 2.57. The summed E-state index contributed by atoms with van der Waals surface area (Å²) in [6.07, 6.45) is 1.30. The molecule has 2 aromatic carbocycles. The Morgan fingerprint density at radius 1 is 1.07 bits per heavy atom. The second-order valence-corrected chi connectivity index (χ2v) is 6.70. The van der Waals surface area contributed by atoms with Gasteiger partial charge in [-0.25, -0.2) is 4.79 Å². The quantitative estimate of drug-likeness (QED) is 0.647. The molecule has 1 aliphatic heterocycles. The van der Waals surface area contributed by atoms with Crippen LogP contribution in [0.1, 0.15) is 45.1 Å². The molecular formula is C23H21N3O3. The molecule has 1 N–H and O–H groups in total. The number of esters is 1. The fourth-order valence-electron chi connectivity index (χ4n) is 3.40. The zero-order chi connectivity index (χ0) is 20.2. The summed E-state index contributed by atoms with van der Waals surface area (Å²) in [5.41, 5.74) is 3.61. The molecule has 1 aliphatic rings. The van der Waals surface area contributed by atoms with E-state index in [2.05, 4.69) is 10.3 Å². The van der Waals surface area contributed by atoms with Crippen LogP contribution in [0.15, 0.2) is 72.9 Å². The SMILES string of the molecule is CCOC(=O)c1ccc(NC2c3ncccc3C(=O)N2Cc2ccccc2)cc1. The van der Waals surface area contributed by atoms with E-state index in [9.17, 15) is 9.59 Å². The number of pyridine rings is 1. The van der Waals surface area contributed by atoms with Gasteiger partial charge in [-0.2, -0.15) is 0 Å². The summed E-state index contributed by atoms with van der Waals surface area (Å²) in [4.78, 5) is 31.1. The van der Waals surface area contributed by atoms with Gasteiger partial charge in [-0.1, -0.05) is 30.3 Å². The minimum atomic E-state index is -0.396. The van der Waals surface area contributed by atoms with Crippen molar-refractivity contribution >= 4 is 17.6 Å². The number of benzene rings is 2. The van der Waals surface area contributed by atoms with E-state index < -0.39 is 6.17 Å². The highest BCUT2D eigenvalue weighted by Gasteiger charge is 2.37. The van der Waals surface area contributed by atoms with Gasteiger partial charge in [0.2, 0.25) is 0 Å². The Hall–Kier alpha value is -3.67. The minimum Gasteiger partial charge on any atom is -0.462 e. The molecule has 29 heavy (non-hydrogen) atoms. The van der Waals surface area contributed by atoms with E-state index in [-0.39, 0.29) is 11.9 Å². The number of aromatic nitrogens is 1. The number of rotatable bonds is 6. The van der Waals surface area contributed by atoms with E-state index in [1.165, 1.54) is 0 Å². The van der Waals surface area contributed by atoms with Crippen molar-refractivity contribution in [2.45, 2.75) is 19.6 Å². The lowest BCUT2D eigenvalue weighted by molar-refractivity contribution is 0.0526. The van der Waals surface area contributed by atoms with Gasteiger partial charge in [0.1, 0.15) is 6.17 Å². The van der Waals surface area contributed by atoms with Gasteiger partial charge in [-0.05, 0) is 48.9 Å². The van der Waals surface area contributed by atoms with E-state index in [0.29, 0.717) is 30.0 Å². The van der Waals surface area contributed by atoms with E-state index in [1.807, 2.05) is 30.3 Å². The lowest BCUT2D eigenvalue weighted by Gasteiger charge is -2.26. The first kappa shape index (κ1) is 18.7. The normalized spacial score (nSPS) is 15.1. The van der Waals surface area contributed by atoms with Gasteiger partial charge in [-0.15, -0.1) is 0 Å². The molecule has 3 aromatic rings. The summed E-state index contributed by atoms with van der Waals surface area (Å²) < 4.78 is 5.02. The van der Waals surface area contributed by atoms with E-state index >= 15 is 0 Å². The molecule has 0 fully saturated rings. The number of anilines is 1. The number of carbonyl (C=O) groups excluding carboxylic acids is 2. The molecule has 1 aromatic heterocycles. The first-order chi connectivity index (χ1) is 14.2. The van der Waals surface area contributed by atoms with Crippen molar-refractivity contribution in [3.8, 4) is 0 Å². The number of nitrogens with one attached hydrogen (secondary N) is 1. The first-order valence-electron chi connectivity index (χ1n) is 9.51. The molecule has 0 bridgehead atoms. The number of hydrogen-bond donors (Lipinski definition) is 1. The van der Waals surface area contributed by atoms with Crippen molar-refractivity contribution in [1.82, 2.24) is 9.88 Å². The Balaban J connectivity index is 1.60. The molecule has 0 radical (unpaired) electrons. The fraction of sp³-hybridized carbons (Fsp3) is 0.174. The predicted molar refractivity (Wildman–Crippen MR) is 109 cm³/mol.